The maximum Gasteiger partial charge on any atom is 0.315 e. The molecule has 0 bridgehead atoms. The molecule has 1 heterocycles. The highest BCUT2D eigenvalue weighted by atomic mass is 35.5. The second-order valence-electron chi connectivity index (χ2n) is 4.14. The van der Waals surface area contributed by atoms with Gasteiger partial charge in [-0.15, -0.1) is 0 Å². The molecule has 0 aliphatic carbocycles. The normalized spacial score (nSPS) is 23.7. The average Bonchev–Trinajstić information content (AvgIpc) is 2.80. The minimum Gasteiger partial charge on any atom is -0.469 e. The van der Waals surface area contributed by atoms with Crippen molar-refractivity contribution in [1.29, 1.82) is 0 Å². The lowest BCUT2D eigenvalue weighted by molar-refractivity contribution is -0.678. The van der Waals surface area contributed by atoms with Crippen molar-refractivity contribution in [2.24, 2.45) is 5.92 Å². The molecule has 92 valence electrons. The smallest absolute Gasteiger partial charge is 0.315 e. The summed E-state index contributed by atoms with van der Waals surface area (Å²) in [5.41, 5.74) is 1.02. The van der Waals surface area contributed by atoms with Crippen LogP contribution >= 0.6 is 23.2 Å². The standard InChI is InChI=1S/C12H13Cl2NO2/c1-17-12(16)8-4-5-15-11(8)7-2-3-9(13)10(14)6-7/h2-3,6,8,11,15H,4-5H2,1H3/p+1/t8-,11+/m0/s1. The first-order chi connectivity index (χ1) is 8.13. The van der Waals surface area contributed by atoms with Gasteiger partial charge in [-0.2, -0.15) is 0 Å². The van der Waals surface area contributed by atoms with Gasteiger partial charge in [0.2, 0.25) is 0 Å². The second-order valence-corrected chi connectivity index (χ2v) is 4.96. The van der Waals surface area contributed by atoms with E-state index in [1.54, 1.807) is 6.07 Å². The van der Waals surface area contributed by atoms with Crippen LogP contribution in [0.4, 0.5) is 0 Å². The molecule has 0 aromatic heterocycles. The monoisotopic (exact) mass is 274 g/mol. The molecular weight excluding hydrogens is 261 g/mol. The van der Waals surface area contributed by atoms with Crippen LogP contribution in [0.2, 0.25) is 10.0 Å². The number of rotatable bonds is 2. The van der Waals surface area contributed by atoms with E-state index in [-0.39, 0.29) is 17.9 Å². The Balaban J connectivity index is 2.26. The molecule has 3 nitrogen and oxygen atoms in total. The predicted molar refractivity (Wildman–Crippen MR) is 66.1 cm³/mol. The van der Waals surface area contributed by atoms with Crippen LogP contribution < -0.4 is 5.32 Å². The van der Waals surface area contributed by atoms with Crippen molar-refractivity contribution in [3.8, 4) is 0 Å². The molecule has 1 fully saturated rings. The summed E-state index contributed by atoms with van der Waals surface area (Å²) in [5.74, 6) is -0.257. The van der Waals surface area contributed by atoms with Crippen LogP contribution in [0, 0.1) is 5.92 Å². The third-order valence-corrected chi connectivity index (χ3v) is 3.90. The third-order valence-electron chi connectivity index (χ3n) is 3.16. The molecule has 0 saturated carbocycles. The fourth-order valence-corrected chi connectivity index (χ4v) is 2.61. The molecule has 0 radical (unpaired) electrons. The zero-order chi connectivity index (χ0) is 12.4. The molecule has 0 spiro atoms. The Morgan fingerprint density at radius 3 is 2.82 bits per heavy atom. The molecule has 2 atom stereocenters. The Kier molecular flexibility index (Phi) is 3.92. The van der Waals surface area contributed by atoms with Gasteiger partial charge in [-0.3, -0.25) is 4.79 Å². The van der Waals surface area contributed by atoms with Gasteiger partial charge in [0.15, 0.2) is 0 Å². The highest BCUT2D eigenvalue weighted by molar-refractivity contribution is 6.42. The summed E-state index contributed by atoms with van der Waals surface area (Å²) in [4.78, 5) is 11.6. The van der Waals surface area contributed by atoms with Gasteiger partial charge in [0.1, 0.15) is 12.0 Å². The first kappa shape index (κ1) is 12.7. The van der Waals surface area contributed by atoms with Gasteiger partial charge in [-0.05, 0) is 12.1 Å². The summed E-state index contributed by atoms with van der Waals surface area (Å²) in [6.45, 7) is 0.921. The van der Waals surface area contributed by atoms with Crippen LogP contribution in [0.1, 0.15) is 18.0 Å². The molecule has 0 unspecified atom stereocenters. The Morgan fingerprint density at radius 1 is 1.41 bits per heavy atom. The van der Waals surface area contributed by atoms with Gasteiger partial charge >= 0.3 is 5.97 Å². The van der Waals surface area contributed by atoms with Crippen molar-refractivity contribution in [2.45, 2.75) is 12.5 Å². The molecule has 1 aliphatic heterocycles. The Bertz CT molecular complexity index is 437. The van der Waals surface area contributed by atoms with Crippen molar-refractivity contribution in [2.75, 3.05) is 13.7 Å². The highest BCUT2D eigenvalue weighted by Gasteiger charge is 2.38. The van der Waals surface area contributed by atoms with Gasteiger partial charge in [-0.1, -0.05) is 29.3 Å². The molecule has 5 heteroatoms. The number of hydrogen-bond donors (Lipinski definition) is 1. The summed E-state index contributed by atoms with van der Waals surface area (Å²) < 4.78 is 4.82. The van der Waals surface area contributed by atoms with Gasteiger partial charge in [0.05, 0.1) is 23.7 Å². The molecule has 17 heavy (non-hydrogen) atoms. The van der Waals surface area contributed by atoms with Crippen molar-refractivity contribution >= 4 is 29.2 Å². The summed E-state index contributed by atoms with van der Waals surface area (Å²) in [7, 11) is 1.42. The van der Waals surface area contributed by atoms with E-state index in [0.29, 0.717) is 10.0 Å². The number of hydrogen-bond acceptors (Lipinski definition) is 2. The lowest BCUT2D eigenvalue weighted by Gasteiger charge is -2.15. The topological polar surface area (TPSA) is 42.9 Å². The number of benzene rings is 1. The molecule has 1 aliphatic rings. The fourth-order valence-electron chi connectivity index (χ4n) is 2.30. The van der Waals surface area contributed by atoms with E-state index in [9.17, 15) is 4.79 Å². The van der Waals surface area contributed by atoms with E-state index in [2.05, 4.69) is 5.32 Å². The van der Waals surface area contributed by atoms with Crippen LogP contribution in [0.15, 0.2) is 18.2 Å². The van der Waals surface area contributed by atoms with Crippen LogP contribution in [-0.2, 0) is 9.53 Å². The quantitative estimate of drug-likeness (QED) is 0.836. The number of methoxy groups -OCH3 is 1. The summed E-state index contributed by atoms with van der Waals surface area (Å²) in [6, 6.07) is 5.58. The molecule has 0 amide bonds. The minimum absolute atomic E-state index is 0.0808. The van der Waals surface area contributed by atoms with E-state index in [4.69, 9.17) is 27.9 Å². The number of halogens is 2. The van der Waals surface area contributed by atoms with Crippen molar-refractivity contribution < 1.29 is 14.8 Å². The zero-order valence-electron chi connectivity index (χ0n) is 9.45. The molecule has 1 aromatic rings. The Hall–Kier alpha value is -0.770. The van der Waals surface area contributed by atoms with Crippen LogP contribution in [-0.4, -0.2) is 19.6 Å². The number of carbonyl (C=O) groups is 1. The Morgan fingerprint density at radius 2 is 2.18 bits per heavy atom. The molecule has 1 saturated heterocycles. The first-order valence-corrected chi connectivity index (χ1v) is 6.25. The summed E-state index contributed by atoms with van der Waals surface area (Å²) in [6.07, 6.45) is 0.831. The average molecular weight is 275 g/mol. The van der Waals surface area contributed by atoms with E-state index < -0.39 is 0 Å². The number of ether oxygens (including phenoxy) is 1. The second kappa shape index (κ2) is 5.25. The first-order valence-electron chi connectivity index (χ1n) is 5.49. The van der Waals surface area contributed by atoms with Gasteiger partial charge in [-0.25, -0.2) is 0 Å². The summed E-state index contributed by atoms with van der Waals surface area (Å²) >= 11 is 11.9. The lowest BCUT2D eigenvalue weighted by Crippen LogP contribution is -2.82. The van der Waals surface area contributed by atoms with Crippen LogP contribution in [0.5, 0.6) is 0 Å². The third kappa shape index (κ3) is 2.57. The SMILES string of the molecule is COC(=O)[C@H]1CC[NH2+][C@@H]1c1ccc(Cl)c(Cl)c1. The molecule has 2 rings (SSSR count). The van der Waals surface area contributed by atoms with Crippen LogP contribution in [0.3, 0.4) is 0 Å². The van der Waals surface area contributed by atoms with Gasteiger partial charge in [0, 0.05) is 12.0 Å². The molecule has 2 N–H and O–H groups in total. The van der Waals surface area contributed by atoms with Crippen molar-refractivity contribution in [3.63, 3.8) is 0 Å². The lowest BCUT2D eigenvalue weighted by atomic mass is 9.94. The zero-order valence-corrected chi connectivity index (χ0v) is 11.0. The number of esters is 1. The molecule has 1 aromatic carbocycles. The van der Waals surface area contributed by atoms with Gasteiger partial charge < -0.3 is 10.1 Å². The van der Waals surface area contributed by atoms with Crippen LogP contribution in [0.25, 0.3) is 0 Å². The van der Waals surface area contributed by atoms with Crippen molar-refractivity contribution in [1.82, 2.24) is 0 Å². The predicted octanol–water partition coefficient (Wildman–Crippen LogP) is 1.79. The number of nitrogens with two attached hydrogens (primary N) is 1. The van der Waals surface area contributed by atoms with E-state index in [0.717, 1.165) is 18.5 Å². The number of quaternary nitrogens is 1. The molecular formula is C12H14Cl2NO2+. The highest BCUT2D eigenvalue weighted by Crippen LogP contribution is 2.30. The van der Waals surface area contributed by atoms with E-state index in [1.165, 1.54) is 7.11 Å². The maximum absolute atomic E-state index is 11.6. The van der Waals surface area contributed by atoms with E-state index >= 15 is 0 Å². The minimum atomic E-state index is -0.158. The number of carbonyl (C=O) groups excluding carboxylic acids is 1. The summed E-state index contributed by atoms with van der Waals surface area (Å²) in [5, 5.41) is 3.19. The largest absolute Gasteiger partial charge is 0.469 e. The van der Waals surface area contributed by atoms with Crippen molar-refractivity contribution in [3.05, 3.63) is 33.8 Å². The Labute approximate surface area is 110 Å². The maximum atomic E-state index is 11.6. The van der Waals surface area contributed by atoms with E-state index in [1.807, 2.05) is 12.1 Å². The fraction of sp³-hybridized carbons (Fsp3) is 0.417. The van der Waals surface area contributed by atoms with Gasteiger partial charge in [0.25, 0.3) is 0 Å².